The van der Waals surface area contributed by atoms with E-state index in [9.17, 15) is 27.9 Å². The predicted octanol–water partition coefficient (Wildman–Crippen LogP) is 0.213. The van der Waals surface area contributed by atoms with Gasteiger partial charge in [-0.25, -0.2) is 8.42 Å². The van der Waals surface area contributed by atoms with E-state index >= 15 is 0 Å². The summed E-state index contributed by atoms with van der Waals surface area (Å²) in [5.41, 5.74) is -1.42. The quantitative estimate of drug-likeness (QED) is 0.473. The van der Waals surface area contributed by atoms with Crippen LogP contribution in [0.2, 0.25) is 0 Å². The van der Waals surface area contributed by atoms with Crippen LogP contribution in [0.3, 0.4) is 0 Å². The number of nitrogens with one attached hydrogen (secondary N) is 2. The zero-order valence-corrected chi connectivity index (χ0v) is 20.8. The van der Waals surface area contributed by atoms with Gasteiger partial charge in [0.2, 0.25) is 21.8 Å². The second kappa shape index (κ2) is 8.91. The SMILES string of the molecule is C[C@H]1CC(=O)N2C[C@H](O)C[C@H]2C(=O)N[C@]2(C(=O)NS(=O)(=O)C3(C)CC3)C[C@H]2/C=C\CO[C@@H](C)C1. The van der Waals surface area contributed by atoms with Crippen LogP contribution in [0.25, 0.3) is 0 Å². The standard InChI is InChI=1S/C23H35N3O7S/c1-14-9-15(2)33-8-4-5-16-12-23(16,21(30)25-34(31,32)22(3)6-7-22)24-20(29)18-11-17(27)13-26(18)19(28)10-14/h4-5,14-18,27H,6-13H2,1-3H3,(H,24,29)(H,25,30)/b5-4-/t14-,15+,16-,17-,18+,23-/m1/s1. The summed E-state index contributed by atoms with van der Waals surface area (Å²) in [6.07, 6.45) is 4.76. The molecule has 0 spiro atoms. The molecular weight excluding hydrogens is 462 g/mol. The molecule has 4 rings (SSSR count). The highest BCUT2D eigenvalue weighted by atomic mass is 32.2. The van der Waals surface area contributed by atoms with Crippen LogP contribution in [-0.2, 0) is 29.1 Å². The summed E-state index contributed by atoms with van der Waals surface area (Å²) in [7, 11) is -3.88. The molecule has 0 radical (unpaired) electrons. The first-order chi connectivity index (χ1) is 15.9. The Morgan fingerprint density at radius 3 is 2.65 bits per heavy atom. The van der Waals surface area contributed by atoms with Crippen molar-refractivity contribution >= 4 is 27.7 Å². The van der Waals surface area contributed by atoms with Gasteiger partial charge in [-0.1, -0.05) is 19.1 Å². The van der Waals surface area contributed by atoms with Crippen molar-refractivity contribution in [2.24, 2.45) is 11.8 Å². The molecule has 0 unspecified atom stereocenters. The number of hydrogen-bond acceptors (Lipinski definition) is 7. The number of amides is 3. The lowest BCUT2D eigenvalue weighted by molar-refractivity contribution is -0.140. The number of carbonyl (C=O) groups is 3. The number of nitrogens with zero attached hydrogens (tertiary/aromatic N) is 1. The number of ether oxygens (including phenoxy) is 1. The average Bonchev–Trinajstić information content (AvgIpc) is 3.61. The first kappa shape index (κ1) is 25.1. The van der Waals surface area contributed by atoms with Gasteiger partial charge in [0, 0.05) is 25.3 Å². The molecule has 4 aliphatic rings. The molecule has 11 heteroatoms. The van der Waals surface area contributed by atoms with Gasteiger partial charge >= 0.3 is 0 Å². The van der Waals surface area contributed by atoms with Crippen molar-refractivity contribution in [2.45, 2.75) is 87.8 Å². The van der Waals surface area contributed by atoms with Crippen molar-refractivity contribution < 1.29 is 32.6 Å². The lowest BCUT2D eigenvalue weighted by Gasteiger charge is -2.28. The third-order valence-electron chi connectivity index (χ3n) is 7.60. The van der Waals surface area contributed by atoms with Crippen molar-refractivity contribution in [1.29, 1.82) is 0 Å². The lowest BCUT2D eigenvalue weighted by Crippen LogP contribution is -2.57. The normalized spacial score (nSPS) is 39.1. The molecule has 2 aliphatic heterocycles. The fourth-order valence-corrected chi connectivity index (χ4v) is 6.29. The van der Waals surface area contributed by atoms with Crippen LogP contribution in [0.1, 0.15) is 59.3 Å². The molecule has 6 atom stereocenters. The molecule has 0 aromatic rings. The highest BCUT2D eigenvalue weighted by molar-refractivity contribution is 7.91. The molecule has 34 heavy (non-hydrogen) atoms. The van der Waals surface area contributed by atoms with Gasteiger partial charge in [-0.15, -0.1) is 0 Å². The minimum atomic E-state index is -3.88. The van der Waals surface area contributed by atoms with E-state index in [0.717, 1.165) is 0 Å². The van der Waals surface area contributed by atoms with Gasteiger partial charge in [0.15, 0.2) is 0 Å². The molecule has 3 N–H and O–H groups in total. The van der Waals surface area contributed by atoms with Gasteiger partial charge in [-0.2, -0.15) is 0 Å². The summed E-state index contributed by atoms with van der Waals surface area (Å²) < 4.78 is 32.4. The van der Waals surface area contributed by atoms with Crippen molar-refractivity contribution in [1.82, 2.24) is 14.9 Å². The summed E-state index contributed by atoms with van der Waals surface area (Å²) in [5.74, 6) is -1.94. The summed E-state index contributed by atoms with van der Waals surface area (Å²) in [4.78, 5) is 40.8. The maximum atomic E-state index is 13.3. The van der Waals surface area contributed by atoms with E-state index in [0.29, 0.717) is 25.9 Å². The van der Waals surface area contributed by atoms with E-state index < -0.39 is 50.2 Å². The van der Waals surface area contributed by atoms with Crippen LogP contribution >= 0.6 is 0 Å². The van der Waals surface area contributed by atoms with Gasteiger partial charge in [0.1, 0.15) is 11.6 Å². The zero-order valence-electron chi connectivity index (χ0n) is 20.0. The summed E-state index contributed by atoms with van der Waals surface area (Å²) in [5, 5.41) is 13.0. The fraction of sp³-hybridized carbons (Fsp3) is 0.783. The predicted molar refractivity (Wildman–Crippen MR) is 123 cm³/mol. The summed E-state index contributed by atoms with van der Waals surface area (Å²) in [6.45, 7) is 5.82. The van der Waals surface area contributed by atoms with Crippen molar-refractivity contribution in [3.8, 4) is 0 Å². The maximum Gasteiger partial charge on any atom is 0.259 e. The first-order valence-corrected chi connectivity index (χ1v) is 13.5. The second-order valence-electron chi connectivity index (χ2n) is 10.7. The largest absolute Gasteiger partial charge is 0.391 e. The molecule has 0 aromatic heterocycles. The highest BCUT2D eigenvalue weighted by Gasteiger charge is 2.63. The minimum absolute atomic E-state index is 0.0255. The minimum Gasteiger partial charge on any atom is -0.391 e. The number of fused-ring (bicyclic) bond motifs is 2. The Bertz CT molecular complexity index is 993. The topological polar surface area (TPSA) is 142 Å². The molecular formula is C23H35N3O7S. The Balaban J connectivity index is 1.59. The molecule has 2 aliphatic carbocycles. The van der Waals surface area contributed by atoms with E-state index in [-0.39, 0.29) is 43.7 Å². The molecule has 3 amide bonds. The highest BCUT2D eigenvalue weighted by Crippen LogP contribution is 2.47. The van der Waals surface area contributed by atoms with Crippen molar-refractivity contribution in [3.63, 3.8) is 0 Å². The van der Waals surface area contributed by atoms with Crippen molar-refractivity contribution in [3.05, 3.63) is 12.2 Å². The molecule has 2 heterocycles. The Labute approximate surface area is 200 Å². The van der Waals surface area contributed by atoms with Crippen LogP contribution in [0, 0.1) is 11.8 Å². The van der Waals surface area contributed by atoms with E-state index in [4.69, 9.17) is 4.74 Å². The Morgan fingerprint density at radius 2 is 1.97 bits per heavy atom. The molecule has 190 valence electrons. The van der Waals surface area contributed by atoms with E-state index in [2.05, 4.69) is 10.0 Å². The van der Waals surface area contributed by atoms with Crippen LogP contribution in [-0.4, -0.2) is 77.8 Å². The monoisotopic (exact) mass is 497 g/mol. The Kier molecular flexibility index (Phi) is 6.58. The van der Waals surface area contributed by atoms with Crippen molar-refractivity contribution in [2.75, 3.05) is 13.2 Å². The van der Waals surface area contributed by atoms with Gasteiger partial charge < -0.3 is 20.1 Å². The second-order valence-corrected chi connectivity index (χ2v) is 12.9. The zero-order chi connectivity index (χ0) is 24.9. The number of aliphatic hydroxyl groups excluding tert-OH is 1. The van der Waals surface area contributed by atoms with E-state index in [1.54, 1.807) is 19.1 Å². The maximum absolute atomic E-state index is 13.3. The van der Waals surface area contributed by atoms with Crippen LogP contribution < -0.4 is 10.0 Å². The smallest absolute Gasteiger partial charge is 0.259 e. The number of carbonyl (C=O) groups excluding carboxylic acids is 3. The van der Waals surface area contributed by atoms with E-state index in [1.165, 1.54) is 4.90 Å². The van der Waals surface area contributed by atoms with E-state index in [1.807, 2.05) is 13.8 Å². The van der Waals surface area contributed by atoms with Crippen LogP contribution in [0.4, 0.5) is 0 Å². The Morgan fingerprint density at radius 1 is 1.26 bits per heavy atom. The molecule has 0 bridgehead atoms. The third kappa shape index (κ3) is 4.87. The summed E-state index contributed by atoms with van der Waals surface area (Å²) in [6, 6.07) is -0.916. The average molecular weight is 498 g/mol. The Hall–Kier alpha value is -1.98. The fourth-order valence-electron chi connectivity index (χ4n) is 4.98. The summed E-state index contributed by atoms with van der Waals surface area (Å²) >= 11 is 0. The molecule has 10 nitrogen and oxygen atoms in total. The molecule has 3 fully saturated rings. The molecule has 1 saturated heterocycles. The number of sulfonamides is 1. The van der Waals surface area contributed by atoms with Gasteiger partial charge in [0.05, 0.1) is 23.6 Å². The third-order valence-corrected chi connectivity index (χ3v) is 9.76. The van der Waals surface area contributed by atoms with Gasteiger partial charge in [-0.05, 0) is 45.4 Å². The van der Waals surface area contributed by atoms with Gasteiger partial charge in [-0.3, -0.25) is 19.1 Å². The number of aliphatic hydroxyl groups is 1. The van der Waals surface area contributed by atoms with Gasteiger partial charge in [0.25, 0.3) is 5.91 Å². The van der Waals surface area contributed by atoms with Crippen LogP contribution in [0.5, 0.6) is 0 Å². The lowest BCUT2D eigenvalue weighted by atomic mass is 9.99. The number of hydrogen-bond donors (Lipinski definition) is 3. The molecule has 0 aromatic carbocycles. The molecule has 2 saturated carbocycles. The first-order valence-electron chi connectivity index (χ1n) is 12.0. The number of rotatable bonds is 3. The van der Waals surface area contributed by atoms with Crippen LogP contribution in [0.15, 0.2) is 12.2 Å².